The van der Waals surface area contributed by atoms with Crippen molar-refractivity contribution in [2.24, 2.45) is 0 Å². The SMILES string of the molecule is O=C(c1n[nH]c2c1CNCC2)N1CCOc2ccccc21. The summed E-state index contributed by atoms with van der Waals surface area (Å²) in [6.07, 6.45) is 0.884. The van der Waals surface area contributed by atoms with Gasteiger partial charge < -0.3 is 15.0 Å². The van der Waals surface area contributed by atoms with Crippen LogP contribution in [0.2, 0.25) is 0 Å². The van der Waals surface area contributed by atoms with E-state index in [0.717, 1.165) is 35.7 Å². The molecule has 0 aliphatic carbocycles. The molecule has 0 spiro atoms. The predicted octanol–water partition coefficient (Wildman–Crippen LogP) is 1.09. The highest BCUT2D eigenvalue weighted by Gasteiger charge is 2.29. The number of hydrogen-bond donors (Lipinski definition) is 2. The van der Waals surface area contributed by atoms with Gasteiger partial charge in [0.15, 0.2) is 5.69 Å². The quantitative estimate of drug-likeness (QED) is 0.822. The van der Waals surface area contributed by atoms with E-state index in [0.29, 0.717) is 25.4 Å². The fourth-order valence-corrected chi connectivity index (χ4v) is 2.91. The molecule has 2 N–H and O–H groups in total. The van der Waals surface area contributed by atoms with Gasteiger partial charge in [-0.3, -0.25) is 9.89 Å². The highest BCUT2D eigenvalue weighted by molar-refractivity contribution is 6.06. The Bertz CT molecular complexity index is 695. The number of benzene rings is 1. The van der Waals surface area contributed by atoms with E-state index in [1.54, 1.807) is 4.90 Å². The van der Waals surface area contributed by atoms with E-state index in [9.17, 15) is 4.79 Å². The van der Waals surface area contributed by atoms with Crippen LogP contribution >= 0.6 is 0 Å². The molecule has 0 bridgehead atoms. The third-order valence-corrected chi connectivity index (χ3v) is 3.98. The summed E-state index contributed by atoms with van der Waals surface area (Å²) >= 11 is 0. The number of H-pyrrole nitrogens is 1. The Kier molecular flexibility index (Phi) is 2.89. The first-order valence-corrected chi connectivity index (χ1v) is 7.15. The number of para-hydroxylation sites is 2. The van der Waals surface area contributed by atoms with Gasteiger partial charge in [0.05, 0.1) is 12.2 Å². The molecular weight excluding hydrogens is 268 g/mol. The number of carbonyl (C=O) groups is 1. The van der Waals surface area contributed by atoms with Crippen molar-refractivity contribution in [3.63, 3.8) is 0 Å². The van der Waals surface area contributed by atoms with Gasteiger partial charge in [0.1, 0.15) is 12.4 Å². The van der Waals surface area contributed by atoms with Crippen molar-refractivity contribution < 1.29 is 9.53 Å². The van der Waals surface area contributed by atoms with Crippen LogP contribution in [0.1, 0.15) is 21.7 Å². The second-order valence-corrected chi connectivity index (χ2v) is 5.23. The zero-order chi connectivity index (χ0) is 14.2. The molecule has 1 amide bonds. The molecule has 3 heterocycles. The lowest BCUT2D eigenvalue weighted by Crippen LogP contribution is -2.39. The van der Waals surface area contributed by atoms with Crippen molar-refractivity contribution >= 4 is 11.6 Å². The number of nitrogens with one attached hydrogen (secondary N) is 2. The van der Waals surface area contributed by atoms with Crippen LogP contribution in [-0.4, -0.2) is 35.8 Å². The molecule has 0 saturated carbocycles. The van der Waals surface area contributed by atoms with Crippen LogP contribution in [0, 0.1) is 0 Å². The molecule has 6 nitrogen and oxygen atoms in total. The number of rotatable bonds is 1. The molecule has 0 saturated heterocycles. The van der Waals surface area contributed by atoms with Crippen molar-refractivity contribution in [3.05, 3.63) is 41.2 Å². The third kappa shape index (κ3) is 1.99. The summed E-state index contributed by atoms with van der Waals surface area (Å²) in [5, 5.41) is 10.5. The number of anilines is 1. The van der Waals surface area contributed by atoms with Crippen LogP contribution in [0.15, 0.2) is 24.3 Å². The van der Waals surface area contributed by atoms with Gasteiger partial charge in [-0.25, -0.2) is 0 Å². The fraction of sp³-hybridized carbons (Fsp3) is 0.333. The summed E-state index contributed by atoms with van der Waals surface area (Å²) in [4.78, 5) is 14.6. The molecule has 2 aromatic rings. The second-order valence-electron chi connectivity index (χ2n) is 5.23. The van der Waals surface area contributed by atoms with E-state index >= 15 is 0 Å². The summed E-state index contributed by atoms with van der Waals surface area (Å²) in [7, 11) is 0. The smallest absolute Gasteiger partial charge is 0.279 e. The maximum Gasteiger partial charge on any atom is 0.279 e. The first-order chi connectivity index (χ1) is 10.3. The maximum absolute atomic E-state index is 12.9. The first-order valence-electron chi connectivity index (χ1n) is 7.15. The van der Waals surface area contributed by atoms with Crippen molar-refractivity contribution in [1.29, 1.82) is 0 Å². The standard InChI is InChI=1S/C15H16N4O2/c20-15(14-10-9-16-6-5-11(10)17-18-14)19-7-8-21-13-4-2-1-3-12(13)19/h1-4,16H,5-9H2,(H,17,18). The minimum atomic E-state index is -0.0630. The van der Waals surface area contributed by atoms with Crippen LogP contribution in [0.3, 0.4) is 0 Å². The zero-order valence-corrected chi connectivity index (χ0v) is 11.6. The average molecular weight is 284 g/mol. The van der Waals surface area contributed by atoms with Gasteiger partial charge >= 0.3 is 0 Å². The molecule has 6 heteroatoms. The van der Waals surface area contributed by atoms with E-state index in [1.807, 2.05) is 24.3 Å². The number of aromatic amines is 1. The molecule has 0 fully saturated rings. The van der Waals surface area contributed by atoms with Gasteiger partial charge in [-0.05, 0) is 12.1 Å². The van der Waals surface area contributed by atoms with E-state index in [4.69, 9.17) is 4.74 Å². The number of ether oxygens (including phenoxy) is 1. The minimum absolute atomic E-state index is 0.0630. The highest BCUT2D eigenvalue weighted by Crippen LogP contribution is 2.32. The number of carbonyl (C=O) groups excluding carboxylic acids is 1. The second kappa shape index (κ2) is 4.89. The summed E-state index contributed by atoms with van der Waals surface area (Å²) in [5.41, 5.74) is 3.40. The van der Waals surface area contributed by atoms with Gasteiger partial charge in [-0.1, -0.05) is 12.1 Å². The minimum Gasteiger partial charge on any atom is -0.490 e. The molecule has 4 rings (SSSR count). The van der Waals surface area contributed by atoms with Crippen molar-refractivity contribution in [2.75, 3.05) is 24.6 Å². The topological polar surface area (TPSA) is 70.2 Å². The molecule has 108 valence electrons. The lowest BCUT2D eigenvalue weighted by Gasteiger charge is -2.29. The summed E-state index contributed by atoms with van der Waals surface area (Å²) in [5.74, 6) is 0.687. The third-order valence-electron chi connectivity index (χ3n) is 3.98. The Hall–Kier alpha value is -2.34. The first kappa shape index (κ1) is 12.4. The van der Waals surface area contributed by atoms with Crippen molar-refractivity contribution in [2.45, 2.75) is 13.0 Å². The largest absolute Gasteiger partial charge is 0.490 e. The molecule has 21 heavy (non-hydrogen) atoms. The molecule has 0 radical (unpaired) electrons. The molecule has 0 atom stereocenters. The van der Waals surface area contributed by atoms with E-state index in [-0.39, 0.29) is 5.91 Å². The number of aromatic nitrogens is 2. The molecule has 0 unspecified atom stereocenters. The molecule has 1 aromatic heterocycles. The van der Waals surface area contributed by atoms with Crippen molar-refractivity contribution in [3.8, 4) is 5.75 Å². The highest BCUT2D eigenvalue weighted by atomic mass is 16.5. The Labute approximate surface area is 122 Å². The monoisotopic (exact) mass is 284 g/mol. The van der Waals surface area contributed by atoms with Gasteiger partial charge in [-0.15, -0.1) is 0 Å². The van der Waals surface area contributed by atoms with Gasteiger partial charge in [0.25, 0.3) is 5.91 Å². The zero-order valence-electron chi connectivity index (χ0n) is 11.6. The Balaban J connectivity index is 1.71. The molecule has 1 aromatic carbocycles. The average Bonchev–Trinajstić information content (AvgIpc) is 2.98. The van der Waals surface area contributed by atoms with E-state index in [1.165, 1.54) is 0 Å². The normalized spacial score (nSPS) is 16.9. The lowest BCUT2D eigenvalue weighted by atomic mass is 10.1. The van der Waals surface area contributed by atoms with Gasteiger partial charge in [0, 0.05) is 30.8 Å². The van der Waals surface area contributed by atoms with E-state index in [2.05, 4.69) is 15.5 Å². The number of nitrogens with zero attached hydrogens (tertiary/aromatic N) is 2. The fourth-order valence-electron chi connectivity index (χ4n) is 2.91. The van der Waals surface area contributed by atoms with Crippen LogP contribution in [0.5, 0.6) is 5.75 Å². The van der Waals surface area contributed by atoms with Crippen LogP contribution in [0.4, 0.5) is 5.69 Å². The predicted molar refractivity (Wildman–Crippen MR) is 77.6 cm³/mol. The molecule has 2 aliphatic heterocycles. The van der Waals surface area contributed by atoms with Crippen LogP contribution < -0.4 is 15.0 Å². The Morgan fingerprint density at radius 2 is 2.24 bits per heavy atom. The summed E-state index contributed by atoms with van der Waals surface area (Å²) in [6, 6.07) is 7.61. The van der Waals surface area contributed by atoms with Gasteiger partial charge in [-0.2, -0.15) is 5.10 Å². The summed E-state index contributed by atoms with van der Waals surface area (Å²) < 4.78 is 5.60. The Morgan fingerprint density at radius 3 is 3.19 bits per heavy atom. The van der Waals surface area contributed by atoms with E-state index < -0.39 is 0 Å². The maximum atomic E-state index is 12.9. The number of fused-ring (bicyclic) bond motifs is 2. The lowest BCUT2D eigenvalue weighted by molar-refractivity contribution is 0.0970. The molecular formula is C15H16N4O2. The Morgan fingerprint density at radius 1 is 1.33 bits per heavy atom. The summed E-state index contributed by atoms with van der Waals surface area (Å²) in [6.45, 7) is 2.67. The van der Waals surface area contributed by atoms with Crippen LogP contribution in [0.25, 0.3) is 0 Å². The van der Waals surface area contributed by atoms with Gasteiger partial charge in [0.2, 0.25) is 0 Å². The number of hydrogen-bond acceptors (Lipinski definition) is 4. The molecule has 2 aliphatic rings. The van der Waals surface area contributed by atoms with Crippen LogP contribution in [-0.2, 0) is 13.0 Å². The number of amides is 1. The van der Waals surface area contributed by atoms with Crippen molar-refractivity contribution in [1.82, 2.24) is 15.5 Å².